The Morgan fingerprint density at radius 1 is 0.893 bits per heavy atom. The van der Waals surface area contributed by atoms with Crippen molar-refractivity contribution in [2.45, 2.75) is 31.1 Å². The van der Waals surface area contributed by atoms with Gasteiger partial charge in [-0.1, -0.05) is 78.8 Å². The summed E-state index contributed by atoms with van der Waals surface area (Å²) in [5, 5.41) is 0.0741. The van der Waals surface area contributed by atoms with Gasteiger partial charge in [-0.25, -0.2) is 0 Å². The number of hydrogen-bond acceptors (Lipinski definition) is 3. The summed E-state index contributed by atoms with van der Waals surface area (Å²) < 4.78 is 0. The molecular weight excluding hydrogens is 364 g/mol. The second-order valence-electron chi connectivity index (χ2n) is 7.55. The van der Waals surface area contributed by atoms with Crippen LogP contribution in [0.15, 0.2) is 65.6 Å². The molecular formula is C24H28N2OS. The Morgan fingerprint density at radius 2 is 1.57 bits per heavy atom. The van der Waals surface area contributed by atoms with Gasteiger partial charge in [0.15, 0.2) is 0 Å². The molecule has 1 amide bonds. The van der Waals surface area contributed by atoms with Gasteiger partial charge in [-0.3, -0.25) is 4.79 Å². The van der Waals surface area contributed by atoms with Crippen LogP contribution in [0, 0.1) is 0 Å². The topological polar surface area (TPSA) is 23.6 Å². The number of likely N-dealkylation sites (tertiary alicyclic amines) is 1. The monoisotopic (exact) mass is 392 g/mol. The maximum absolute atomic E-state index is 13.2. The number of piperidine rings is 1. The average molecular weight is 393 g/mol. The SMILES string of the molecule is O=C1/C(=C\c2ccccc2)SC(c2ccccc2)N1CCCN1CCCCC1. The lowest BCUT2D eigenvalue weighted by atomic mass is 10.1. The summed E-state index contributed by atoms with van der Waals surface area (Å²) in [5.41, 5.74) is 2.29. The quantitative estimate of drug-likeness (QED) is 0.633. The summed E-state index contributed by atoms with van der Waals surface area (Å²) in [6.07, 6.45) is 7.06. The zero-order valence-corrected chi connectivity index (χ0v) is 17.1. The van der Waals surface area contributed by atoms with Crippen LogP contribution in [0.1, 0.15) is 42.2 Å². The van der Waals surface area contributed by atoms with Crippen LogP contribution in [0.5, 0.6) is 0 Å². The van der Waals surface area contributed by atoms with Crippen molar-refractivity contribution in [1.82, 2.24) is 9.80 Å². The Labute approximate surface area is 172 Å². The minimum absolute atomic E-state index is 0.0741. The first kappa shape index (κ1) is 19.3. The molecule has 0 radical (unpaired) electrons. The molecule has 4 heteroatoms. The molecule has 2 aromatic carbocycles. The van der Waals surface area contributed by atoms with Crippen LogP contribution in [-0.4, -0.2) is 41.9 Å². The van der Waals surface area contributed by atoms with E-state index in [1.807, 2.05) is 30.3 Å². The first-order valence-corrected chi connectivity index (χ1v) is 11.2. The largest absolute Gasteiger partial charge is 0.322 e. The predicted octanol–water partition coefficient (Wildman–Crippen LogP) is 5.18. The van der Waals surface area contributed by atoms with Crippen LogP contribution >= 0.6 is 11.8 Å². The average Bonchev–Trinajstić information content (AvgIpc) is 3.06. The Kier molecular flexibility index (Phi) is 6.50. The molecule has 2 aliphatic heterocycles. The number of carbonyl (C=O) groups excluding carboxylic acids is 1. The summed E-state index contributed by atoms with van der Waals surface area (Å²) in [6, 6.07) is 20.6. The minimum Gasteiger partial charge on any atom is -0.322 e. The summed E-state index contributed by atoms with van der Waals surface area (Å²) in [6.45, 7) is 4.33. The lowest BCUT2D eigenvalue weighted by Gasteiger charge is -2.28. The van der Waals surface area contributed by atoms with Crippen molar-refractivity contribution >= 4 is 23.7 Å². The molecule has 2 heterocycles. The molecule has 146 valence electrons. The van der Waals surface area contributed by atoms with Crippen molar-refractivity contribution in [2.75, 3.05) is 26.2 Å². The van der Waals surface area contributed by atoms with Gasteiger partial charge < -0.3 is 9.80 Å². The molecule has 28 heavy (non-hydrogen) atoms. The van der Waals surface area contributed by atoms with Crippen molar-refractivity contribution in [2.24, 2.45) is 0 Å². The van der Waals surface area contributed by atoms with Gasteiger partial charge in [0.05, 0.1) is 4.91 Å². The fraction of sp³-hybridized carbons (Fsp3) is 0.375. The van der Waals surface area contributed by atoms with E-state index in [-0.39, 0.29) is 11.3 Å². The first-order valence-electron chi connectivity index (χ1n) is 10.3. The smallest absolute Gasteiger partial charge is 0.261 e. The molecule has 1 unspecified atom stereocenters. The second kappa shape index (κ2) is 9.44. The van der Waals surface area contributed by atoms with Gasteiger partial charge in [0.1, 0.15) is 5.37 Å². The number of thioether (sulfide) groups is 1. The van der Waals surface area contributed by atoms with Crippen molar-refractivity contribution < 1.29 is 4.79 Å². The van der Waals surface area contributed by atoms with Crippen molar-refractivity contribution in [3.8, 4) is 0 Å². The molecule has 3 nitrogen and oxygen atoms in total. The fourth-order valence-corrected chi connectivity index (χ4v) is 5.30. The molecule has 2 aromatic rings. The molecule has 4 rings (SSSR count). The zero-order chi connectivity index (χ0) is 19.2. The maximum atomic E-state index is 13.2. The molecule has 1 atom stereocenters. The Morgan fingerprint density at radius 3 is 2.29 bits per heavy atom. The van der Waals surface area contributed by atoms with E-state index >= 15 is 0 Å². The molecule has 0 bridgehead atoms. The second-order valence-corrected chi connectivity index (χ2v) is 8.68. The molecule has 0 saturated carbocycles. The van der Waals surface area contributed by atoms with Gasteiger partial charge in [-0.2, -0.15) is 0 Å². The number of amides is 1. The van der Waals surface area contributed by atoms with Crippen LogP contribution in [0.2, 0.25) is 0 Å². The number of hydrogen-bond donors (Lipinski definition) is 0. The van der Waals surface area contributed by atoms with Crippen molar-refractivity contribution in [3.05, 3.63) is 76.7 Å². The summed E-state index contributed by atoms with van der Waals surface area (Å²) >= 11 is 1.68. The van der Waals surface area contributed by atoms with Crippen LogP contribution in [0.25, 0.3) is 6.08 Å². The number of carbonyl (C=O) groups is 1. The maximum Gasteiger partial charge on any atom is 0.261 e. The highest BCUT2D eigenvalue weighted by molar-refractivity contribution is 8.04. The van der Waals surface area contributed by atoms with Gasteiger partial charge >= 0.3 is 0 Å². The van der Waals surface area contributed by atoms with Crippen LogP contribution in [0.4, 0.5) is 0 Å². The Balaban J connectivity index is 1.49. The van der Waals surface area contributed by atoms with Gasteiger partial charge in [0.25, 0.3) is 5.91 Å². The van der Waals surface area contributed by atoms with Gasteiger partial charge in [0.2, 0.25) is 0 Å². The van der Waals surface area contributed by atoms with Gasteiger partial charge in [-0.05, 0) is 56.1 Å². The van der Waals surface area contributed by atoms with Gasteiger partial charge in [0, 0.05) is 6.54 Å². The zero-order valence-electron chi connectivity index (χ0n) is 16.3. The highest BCUT2D eigenvalue weighted by atomic mass is 32.2. The lowest BCUT2D eigenvalue weighted by molar-refractivity contribution is -0.126. The van der Waals surface area contributed by atoms with Crippen LogP contribution < -0.4 is 0 Å². The minimum atomic E-state index is 0.0741. The van der Waals surface area contributed by atoms with E-state index in [0.29, 0.717) is 0 Å². The normalized spacial score (nSPS) is 22.1. The van der Waals surface area contributed by atoms with E-state index in [1.54, 1.807) is 11.8 Å². The highest BCUT2D eigenvalue weighted by Gasteiger charge is 2.36. The molecule has 2 saturated heterocycles. The van der Waals surface area contributed by atoms with Crippen molar-refractivity contribution in [3.63, 3.8) is 0 Å². The van der Waals surface area contributed by atoms with Crippen molar-refractivity contribution in [1.29, 1.82) is 0 Å². The first-order chi connectivity index (χ1) is 13.8. The predicted molar refractivity (Wildman–Crippen MR) is 118 cm³/mol. The van der Waals surface area contributed by atoms with Crippen LogP contribution in [-0.2, 0) is 4.79 Å². The van der Waals surface area contributed by atoms with E-state index in [2.05, 4.69) is 46.2 Å². The molecule has 0 N–H and O–H groups in total. The number of benzene rings is 2. The third-order valence-electron chi connectivity index (χ3n) is 5.50. The Bertz CT molecular complexity index is 800. The lowest BCUT2D eigenvalue weighted by Crippen LogP contribution is -2.34. The van der Waals surface area contributed by atoms with E-state index < -0.39 is 0 Å². The number of nitrogens with zero attached hydrogens (tertiary/aromatic N) is 2. The van der Waals surface area contributed by atoms with Crippen LogP contribution in [0.3, 0.4) is 0 Å². The summed E-state index contributed by atoms with van der Waals surface area (Å²) in [5.74, 6) is 0.168. The molecule has 0 aromatic heterocycles. The Hall–Kier alpha value is -2.04. The molecule has 2 aliphatic rings. The standard InChI is InChI=1S/C24H28N2OS/c27-23-22(19-20-11-4-1-5-12-20)28-24(21-13-6-2-7-14-21)26(23)18-10-17-25-15-8-3-9-16-25/h1-2,4-7,11-14,19,24H,3,8-10,15-18H2/b22-19+. The fourth-order valence-electron chi connectivity index (χ4n) is 4.01. The summed E-state index contributed by atoms with van der Waals surface area (Å²) in [7, 11) is 0. The van der Waals surface area contributed by atoms with Gasteiger partial charge in [-0.15, -0.1) is 0 Å². The van der Waals surface area contributed by atoms with E-state index in [9.17, 15) is 4.79 Å². The van der Waals surface area contributed by atoms with E-state index in [0.717, 1.165) is 30.0 Å². The number of rotatable bonds is 6. The van der Waals surface area contributed by atoms with E-state index in [1.165, 1.54) is 37.9 Å². The molecule has 0 spiro atoms. The molecule has 0 aliphatic carbocycles. The highest BCUT2D eigenvalue weighted by Crippen LogP contribution is 2.46. The summed E-state index contributed by atoms with van der Waals surface area (Å²) in [4.78, 5) is 18.7. The molecule has 2 fully saturated rings. The third-order valence-corrected chi connectivity index (χ3v) is 6.79. The third kappa shape index (κ3) is 4.68. The van der Waals surface area contributed by atoms with E-state index in [4.69, 9.17) is 0 Å².